The highest BCUT2D eigenvalue weighted by atomic mass is 28.4. The van der Waals surface area contributed by atoms with E-state index in [2.05, 4.69) is 101 Å². The Morgan fingerprint density at radius 1 is 0.897 bits per heavy atom. The maximum absolute atomic E-state index is 14.2. The first-order valence-corrected chi connectivity index (χ1v) is 34.6. The zero-order valence-corrected chi connectivity index (χ0v) is 48.8. The van der Waals surface area contributed by atoms with Gasteiger partial charge in [-0.1, -0.05) is 107 Å². The summed E-state index contributed by atoms with van der Waals surface area (Å²) in [7, 11) is -6.05. The van der Waals surface area contributed by atoms with E-state index in [-0.39, 0.29) is 42.5 Å². The first-order valence-electron chi connectivity index (χ1n) is 27.0. The SMILES string of the molecule is CC[C@H](O[Si](CC)(CC)CC)[C@@H](C)[C@H]1O[C@@H]1C[C@](C)(/C=C/C=C(\C)[C@H]1OC(=O)C[C@H](O[Si](CC)(CC)CC)CC[C@@](C)(OC(=O)N2CCNCC2)[C@H](OC(C)=O)/C=C/[C@@H]1C)O[Si](CC)(CC)CC. The van der Waals surface area contributed by atoms with Gasteiger partial charge in [0.2, 0.25) is 0 Å². The van der Waals surface area contributed by atoms with E-state index in [1.54, 1.807) is 4.90 Å². The largest absolute Gasteiger partial charge is 0.457 e. The standard InChI is InChI=1S/C53H98N2O10Si3/c1-17-45(64-67(21-5,22-6)23-7)42(13)50-46(60-50)39-52(15,65-68(24-8,25-9)26-10)32-27-28-40(11)49-41(12)29-30-47(59-43(14)56)53(16,62-51(58)55-36-34-54-35-37-55)33-31-44(38-48(57)61-49)63-66(18-2,19-3)20-4/h27-30,32,41-42,44-47,49-50,54H,17-26,31,33-39H2,1-16H3/b30-29+,32-27+,40-28+/t41-,42+,44+,45-,46+,47+,49+,50+,52-,53+/m0/s1. The Morgan fingerprint density at radius 3 is 2.00 bits per heavy atom. The molecule has 10 atom stereocenters. The van der Waals surface area contributed by atoms with Gasteiger partial charge in [-0.25, -0.2) is 4.79 Å². The van der Waals surface area contributed by atoms with E-state index < -0.39 is 66.5 Å². The third-order valence-electron chi connectivity index (χ3n) is 16.3. The number of allylic oxidation sites excluding steroid dienone is 2. The minimum Gasteiger partial charge on any atom is -0.457 e. The molecule has 3 aliphatic heterocycles. The average Bonchev–Trinajstić information content (AvgIpc) is 4.10. The van der Waals surface area contributed by atoms with Crippen LogP contribution in [0.15, 0.2) is 36.0 Å². The number of epoxide rings is 1. The molecule has 3 aliphatic rings. The molecular formula is C53H98N2O10Si3. The van der Waals surface area contributed by atoms with Crippen molar-refractivity contribution in [2.75, 3.05) is 26.2 Å². The molecule has 0 unspecified atom stereocenters. The van der Waals surface area contributed by atoms with Gasteiger partial charge in [0, 0.05) is 57.5 Å². The minimum atomic E-state index is -2.20. The molecule has 0 spiro atoms. The van der Waals surface area contributed by atoms with Crippen molar-refractivity contribution in [1.82, 2.24) is 10.2 Å². The first-order chi connectivity index (χ1) is 32.2. The van der Waals surface area contributed by atoms with Crippen LogP contribution in [-0.4, -0.2) is 122 Å². The highest BCUT2D eigenvalue weighted by Crippen LogP contribution is 2.43. The lowest BCUT2D eigenvalue weighted by atomic mass is 9.88. The molecule has 0 aliphatic carbocycles. The van der Waals surface area contributed by atoms with Gasteiger partial charge in [0.05, 0.1) is 30.3 Å². The van der Waals surface area contributed by atoms with Crippen LogP contribution in [-0.2, 0) is 41.8 Å². The lowest BCUT2D eigenvalue weighted by Crippen LogP contribution is -2.52. The quantitative estimate of drug-likeness (QED) is 0.0234. The summed E-state index contributed by atoms with van der Waals surface area (Å²) in [5.74, 6) is -0.877. The van der Waals surface area contributed by atoms with Gasteiger partial charge in [-0.2, -0.15) is 0 Å². The molecule has 68 heavy (non-hydrogen) atoms. The van der Waals surface area contributed by atoms with Crippen molar-refractivity contribution >= 4 is 43.0 Å². The van der Waals surface area contributed by atoms with Crippen LogP contribution >= 0.6 is 0 Å². The van der Waals surface area contributed by atoms with Crippen molar-refractivity contribution in [2.24, 2.45) is 11.8 Å². The molecule has 1 N–H and O–H groups in total. The van der Waals surface area contributed by atoms with Crippen LogP contribution in [0.25, 0.3) is 0 Å². The number of ether oxygens (including phenoxy) is 4. The van der Waals surface area contributed by atoms with E-state index in [0.717, 1.165) is 72.8 Å². The number of amides is 1. The summed E-state index contributed by atoms with van der Waals surface area (Å²) >= 11 is 0. The maximum Gasteiger partial charge on any atom is 0.410 e. The van der Waals surface area contributed by atoms with Crippen LogP contribution in [0.1, 0.15) is 143 Å². The van der Waals surface area contributed by atoms with Crippen molar-refractivity contribution in [3.8, 4) is 0 Å². The van der Waals surface area contributed by atoms with Crippen molar-refractivity contribution < 1.29 is 46.6 Å². The normalized spacial score (nSPS) is 28.1. The predicted molar refractivity (Wildman–Crippen MR) is 283 cm³/mol. The Labute approximate surface area is 417 Å². The summed E-state index contributed by atoms with van der Waals surface area (Å²) in [6, 6.07) is 9.21. The third-order valence-corrected chi connectivity index (χ3v) is 30.5. The van der Waals surface area contributed by atoms with Crippen LogP contribution in [0.4, 0.5) is 4.79 Å². The number of nitrogens with one attached hydrogen (secondary N) is 1. The molecule has 1 amide bonds. The average molecular weight is 1010 g/mol. The highest BCUT2D eigenvalue weighted by Gasteiger charge is 2.51. The molecule has 15 heteroatoms. The van der Waals surface area contributed by atoms with E-state index in [1.807, 2.05) is 39.0 Å². The molecule has 2 saturated heterocycles. The second kappa shape index (κ2) is 27.6. The van der Waals surface area contributed by atoms with Gasteiger partial charge >= 0.3 is 18.0 Å². The summed E-state index contributed by atoms with van der Waals surface area (Å²) in [5.41, 5.74) is -0.971. The number of esters is 2. The first kappa shape index (κ1) is 60.2. The van der Waals surface area contributed by atoms with E-state index in [1.165, 1.54) is 6.92 Å². The number of carbonyl (C=O) groups excluding carboxylic acids is 3. The summed E-state index contributed by atoms with van der Waals surface area (Å²) in [5, 5.41) is 3.29. The van der Waals surface area contributed by atoms with E-state index >= 15 is 0 Å². The van der Waals surface area contributed by atoms with E-state index in [0.29, 0.717) is 39.0 Å². The number of cyclic esters (lactones) is 1. The molecule has 0 aromatic heterocycles. The molecule has 0 aromatic carbocycles. The summed E-state index contributed by atoms with van der Waals surface area (Å²) in [6.07, 6.45) is 10.4. The smallest absolute Gasteiger partial charge is 0.410 e. The minimum absolute atomic E-state index is 0.0535. The van der Waals surface area contributed by atoms with Crippen LogP contribution in [0.5, 0.6) is 0 Å². The molecule has 3 rings (SSSR count). The van der Waals surface area contributed by atoms with Crippen LogP contribution in [0.2, 0.25) is 54.4 Å². The van der Waals surface area contributed by atoms with Gasteiger partial charge in [0.25, 0.3) is 0 Å². The fourth-order valence-corrected chi connectivity index (χ4v) is 19.7. The fourth-order valence-electron chi connectivity index (χ4n) is 10.7. The second-order valence-corrected chi connectivity index (χ2v) is 34.9. The van der Waals surface area contributed by atoms with E-state index in [9.17, 15) is 14.4 Å². The Balaban J connectivity index is 2.05. The molecule has 0 bridgehead atoms. The maximum atomic E-state index is 14.2. The molecular weight excluding hydrogens is 909 g/mol. The van der Waals surface area contributed by atoms with Crippen molar-refractivity contribution in [3.63, 3.8) is 0 Å². The van der Waals surface area contributed by atoms with Gasteiger partial charge in [-0.3, -0.25) is 9.59 Å². The van der Waals surface area contributed by atoms with Crippen LogP contribution in [0.3, 0.4) is 0 Å². The summed E-state index contributed by atoms with van der Waals surface area (Å²) < 4.78 is 46.9. The lowest BCUT2D eigenvalue weighted by Gasteiger charge is -2.40. The Bertz CT molecular complexity index is 1640. The van der Waals surface area contributed by atoms with Crippen LogP contribution in [0, 0.1) is 11.8 Å². The molecule has 0 aromatic rings. The zero-order valence-electron chi connectivity index (χ0n) is 45.8. The molecule has 0 saturated carbocycles. The number of piperazine rings is 1. The zero-order chi connectivity index (χ0) is 50.9. The number of hydrogen-bond donors (Lipinski definition) is 1. The van der Waals surface area contributed by atoms with Gasteiger partial charge in [0.15, 0.2) is 36.7 Å². The molecule has 0 radical (unpaired) electrons. The molecule has 12 nitrogen and oxygen atoms in total. The monoisotopic (exact) mass is 1010 g/mol. The molecule has 2 fully saturated rings. The third kappa shape index (κ3) is 16.7. The Morgan fingerprint density at radius 2 is 1.47 bits per heavy atom. The number of rotatable bonds is 25. The second-order valence-electron chi connectivity index (χ2n) is 20.8. The lowest BCUT2D eigenvalue weighted by molar-refractivity contribution is -0.158. The van der Waals surface area contributed by atoms with Gasteiger partial charge in [0.1, 0.15) is 6.10 Å². The molecule has 392 valence electrons. The number of carbonyl (C=O) groups is 3. The van der Waals surface area contributed by atoms with Crippen molar-refractivity contribution in [3.05, 3.63) is 36.0 Å². The van der Waals surface area contributed by atoms with Crippen molar-refractivity contribution in [2.45, 2.75) is 245 Å². The van der Waals surface area contributed by atoms with Gasteiger partial charge in [-0.15, -0.1) is 0 Å². The summed E-state index contributed by atoms with van der Waals surface area (Å²) in [6.45, 7) is 36.5. The summed E-state index contributed by atoms with van der Waals surface area (Å²) in [4.78, 5) is 42.5. The Hall–Kier alpha value is -2.12. The fraction of sp³-hybridized carbons (Fsp3) is 0.830. The Kier molecular flexibility index (Phi) is 24.5. The van der Waals surface area contributed by atoms with E-state index in [4.69, 9.17) is 32.2 Å². The highest BCUT2D eigenvalue weighted by molar-refractivity contribution is 6.74. The number of nitrogens with zero attached hydrogens (tertiary/aromatic N) is 1. The van der Waals surface area contributed by atoms with Gasteiger partial charge in [-0.05, 0) is 106 Å². The predicted octanol–water partition coefficient (Wildman–Crippen LogP) is 12.3. The van der Waals surface area contributed by atoms with Gasteiger partial charge < -0.3 is 42.4 Å². The van der Waals surface area contributed by atoms with Crippen molar-refractivity contribution in [1.29, 1.82) is 0 Å². The van der Waals surface area contributed by atoms with Crippen LogP contribution < -0.4 is 5.32 Å². The topological polar surface area (TPSA) is 134 Å². The number of hydrogen-bond acceptors (Lipinski definition) is 11. The molecule has 3 heterocycles.